The van der Waals surface area contributed by atoms with Crippen molar-refractivity contribution >= 4 is 35.2 Å². The zero-order chi connectivity index (χ0) is 41.7. The third kappa shape index (κ3) is 12.4. The molecule has 56 heavy (non-hydrogen) atoms. The number of ether oxygens (including phenoxy) is 2. The highest BCUT2D eigenvalue weighted by atomic mass is 16.5. The maximum atomic E-state index is 14.3. The molecule has 1 fully saturated rings. The van der Waals surface area contributed by atoms with Gasteiger partial charge in [0.05, 0.1) is 36.6 Å². The van der Waals surface area contributed by atoms with E-state index in [0.717, 1.165) is 17.7 Å². The normalized spacial score (nSPS) is 18.1. The highest BCUT2D eigenvalue weighted by Crippen LogP contribution is 2.31. The van der Waals surface area contributed by atoms with Crippen molar-refractivity contribution in [3.05, 3.63) is 65.7 Å². The first-order valence-corrected chi connectivity index (χ1v) is 20.1. The molecule has 0 spiro atoms. The van der Waals surface area contributed by atoms with Crippen LogP contribution in [0, 0.1) is 23.7 Å². The predicted octanol–water partition coefficient (Wildman–Crippen LogP) is 6.08. The fraction of sp³-hybridized carbons (Fsp3) is 0.614. The van der Waals surface area contributed by atoms with E-state index in [-0.39, 0.29) is 54.7 Å². The van der Waals surface area contributed by atoms with Gasteiger partial charge in [0.2, 0.25) is 17.7 Å². The van der Waals surface area contributed by atoms with Crippen LogP contribution >= 0.6 is 0 Å². The molecule has 0 radical (unpaired) electrons. The lowest BCUT2D eigenvalue weighted by atomic mass is 9.85. The highest BCUT2D eigenvalue weighted by molar-refractivity contribution is 5.99. The summed E-state index contributed by atoms with van der Waals surface area (Å²) in [4.78, 5) is 71.0. The summed E-state index contributed by atoms with van der Waals surface area (Å²) < 4.78 is 11.9. The summed E-state index contributed by atoms with van der Waals surface area (Å²) in [7, 11) is 4.79. The molecule has 1 heterocycles. The number of nitrogens with one attached hydrogen (secondary N) is 2. The van der Waals surface area contributed by atoms with Crippen LogP contribution in [0.25, 0.3) is 0 Å². The fourth-order valence-corrected chi connectivity index (χ4v) is 7.93. The number of likely N-dealkylation sites (N-methyl/N-ethyl adjacent to an activating group) is 1. The molecular weight excluding hydrogens is 713 g/mol. The van der Waals surface area contributed by atoms with Crippen molar-refractivity contribution in [1.82, 2.24) is 15.1 Å². The molecule has 1 aliphatic rings. The third-order valence-electron chi connectivity index (χ3n) is 11.3. The lowest BCUT2D eigenvalue weighted by Gasteiger charge is -2.40. The zero-order valence-corrected chi connectivity index (χ0v) is 35.1. The number of rotatable bonds is 22. The van der Waals surface area contributed by atoms with E-state index in [1.54, 1.807) is 43.0 Å². The van der Waals surface area contributed by atoms with Crippen LogP contribution in [0.15, 0.2) is 54.6 Å². The number of carboxylic acid groups (broad SMARTS) is 1. The second-order valence-corrected chi connectivity index (χ2v) is 16.0. The van der Waals surface area contributed by atoms with Crippen molar-refractivity contribution in [3.8, 4) is 0 Å². The molecule has 0 bridgehead atoms. The number of carboxylic acids is 1. The lowest BCUT2D eigenvalue weighted by Crippen LogP contribution is -2.54. The molecule has 12 nitrogen and oxygen atoms in total. The Morgan fingerprint density at radius 2 is 1.55 bits per heavy atom. The van der Waals surface area contributed by atoms with E-state index in [0.29, 0.717) is 24.9 Å². The van der Waals surface area contributed by atoms with Gasteiger partial charge in [-0.25, -0.2) is 4.79 Å². The van der Waals surface area contributed by atoms with Gasteiger partial charge in [0.1, 0.15) is 6.04 Å². The Morgan fingerprint density at radius 1 is 0.911 bits per heavy atom. The van der Waals surface area contributed by atoms with E-state index in [2.05, 4.69) is 10.6 Å². The number of methoxy groups -OCH3 is 2. The number of Topliss-reactive ketones (excluding diaryl/α,β-unsaturated/α-hetero) is 1. The van der Waals surface area contributed by atoms with Crippen molar-refractivity contribution in [2.45, 2.75) is 123 Å². The molecule has 310 valence electrons. The number of carbonyl (C=O) groups excluding carboxylic acids is 4. The number of nitrogens with zero attached hydrogens (tertiary/aromatic N) is 2. The van der Waals surface area contributed by atoms with Crippen LogP contribution in [0.1, 0.15) is 96.5 Å². The summed E-state index contributed by atoms with van der Waals surface area (Å²) in [5.74, 6) is -3.54. The molecule has 3 N–H and O–H groups in total. The SMILES string of the molecule is CC[C@H](C)[C@@H]([C@@H](CC(=O)N1CCC[C@H]1[C@H](OC)[C@@H](C)C(=O)N[C@@H](Cc1ccccc1)C(=O)O)OC)N(C)C(=O)[C@@H](CC(=O)c1ccc(NC(C)C)cc1)C(C)C. The van der Waals surface area contributed by atoms with Gasteiger partial charge in [-0.1, -0.05) is 71.4 Å². The smallest absolute Gasteiger partial charge is 0.326 e. The average molecular weight is 779 g/mol. The number of ketones is 1. The molecule has 2 aromatic carbocycles. The summed E-state index contributed by atoms with van der Waals surface area (Å²) in [5.41, 5.74) is 2.26. The predicted molar refractivity (Wildman–Crippen MR) is 218 cm³/mol. The molecular formula is C44H66N4O8. The number of hydrogen-bond acceptors (Lipinski definition) is 8. The number of anilines is 1. The topological polar surface area (TPSA) is 155 Å². The summed E-state index contributed by atoms with van der Waals surface area (Å²) in [6, 6.07) is 14.7. The van der Waals surface area contributed by atoms with Crippen LogP contribution in [-0.2, 0) is 35.1 Å². The second-order valence-electron chi connectivity index (χ2n) is 16.0. The quantitative estimate of drug-likeness (QED) is 0.121. The van der Waals surface area contributed by atoms with Gasteiger partial charge in [0.15, 0.2) is 5.78 Å². The van der Waals surface area contributed by atoms with Gasteiger partial charge in [0, 0.05) is 63.9 Å². The first kappa shape index (κ1) is 46.1. The van der Waals surface area contributed by atoms with E-state index in [1.807, 2.05) is 84.0 Å². The highest BCUT2D eigenvalue weighted by Gasteiger charge is 2.43. The minimum atomic E-state index is -1.14. The fourth-order valence-electron chi connectivity index (χ4n) is 7.93. The lowest BCUT2D eigenvalue weighted by molar-refractivity contribution is -0.148. The van der Waals surface area contributed by atoms with E-state index in [9.17, 15) is 29.1 Å². The molecule has 0 aliphatic carbocycles. The largest absolute Gasteiger partial charge is 0.480 e. The number of aliphatic carboxylic acids is 1. The maximum Gasteiger partial charge on any atom is 0.326 e. The number of carbonyl (C=O) groups is 5. The van der Waals surface area contributed by atoms with Crippen molar-refractivity contribution in [2.75, 3.05) is 33.1 Å². The molecule has 1 aliphatic heterocycles. The van der Waals surface area contributed by atoms with Crippen LogP contribution in [0.2, 0.25) is 0 Å². The molecule has 12 heteroatoms. The minimum Gasteiger partial charge on any atom is -0.480 e. The Bertz CT molecular complexity index is 1580. The Labute approximate surface area is 334 Å². The third-order valence-corrected chi connectivity index (χ3v) is 11.3. The Morgan fingerprint density at radius 3 is 2.09 bits per heavy atom. The number of amides is 3. The van der Waals surface area contributed by atoms with Crippen molar-refractivity contribution in [3.63, 3.8) is 0 Å². The van der Waals surface area contributed by atoms with Gasteiger partial charge in [-0.3, -0.25) is 19.2 Å². The van der Waals surface area contributed by atoms with Crippen molar-refractivity contribution in [1.29, 1.82) is 0 Å². The minimum absolute atomic E-state index is 0.00314. The monoisotopic (exact) mass is 778 g/mol. The molecule has 2 aromatic rings. The molecule has 3 rings (SSSR count). The molecule has 3 amide bonds. The van der Waals surface area contributed by atoms with Crippen LogP contribution in [0.3, 0.4) is 0 Å². The van der Waals surface area contributed by atoms with Crippen molar-refractivity contribution < 1.29 is 38.6 Å². The molecule has 0 aromatic heterocycles. The molecule has 0 unspecified atom stereocenters. The van der Waals surface area contributed by atoms with E-state index < -0.39 is 54.0 Å². The zero-order valence-electron chi connectivity index (χ0n) is 35.1. The van der Waals surface area contributed by atoms with Gasteiger partial charge in [-0.2, -0.15) is 0 Å². The van der Waals surface area contributed by atoms with Crippen LogP contribution < -0.4 is 10.6 Å². The van der Waals surface area contributed by atoms with Crippen LogP contribution in [0.5, 0.6) is 0 Å². The van der Waals surface area contributed by atoms with Gasteiger partial charge >= 0.3 is 5.97 Å². The second kappa shape index (κ2) is 21.9. The van der Waals surface area contributed by atoms with E-state index in [1.165, 1.54) is 7.11 Å². The maximum absolute atomic E-state index is 14.3. The van der Waals surface area contributed by atoms with Crippen LogP contribution in [0.4, 0.5) is 5.69 Å². The first-order valence-electron chi connectivity index (χ1n) is 20.1. The number of hydrogen-bond donors (Lipinski definition) is 3. The van der Waals surface area contributed by atoms with E-state index >= 15 is 0 Å². The Balaban J connectivity index is 1.76. The first-order chi connectivity index (χ1) is 26.5. The summed E-state index contributed by atoms with van der Waals surface area (Å²) in [6.07, 6.45) is 0.902. The standard InChI is InChI=1S/C44H66N4O8/c1-11-29(6)40(47(8)43(52)34(27(2)3)25-37(49)32-19-21-33(22-20-32)45-28(4)5)38(55-9)26-39(50)48-23-15-18-36(48)41(56-10)30(7)42(51)46-35(44(53)54)24-31-16-13-12-14-17-31/h12-14,16-17,19-22,27-30,34-36,38,40-41,45H,11,15,18,23-26H2,1-10H3,(H,46,51)(H,53,54)/t29-,30+,34-,35-,36-,38+,40-,41+/m0/s1. The summed E-state index contributed by atoms with van der Waals surface area (Å²) >= 11 is 0. The Kier molecular flexibility index (Phi) is 18.0. The van der Waals surface area contributed by atoms with Crippen molar-refractivity contribution in [2.24, 2.45) is 23.7 Å². The van der Waals surface area contributed by atoms with Gasteiger partial charge < -0.3 is 35.0 Å². The van der Waals surface area contributed by atoms with Gasteiger partial charge in [-0.05, 0) is 68.4 Å². The summed E-state index contributed by atoms with van der Waals surface area (Å²) in [6.45, 7) is 14.2. The van der Waals surface area contributed by atoms with Crippen LogP contribution in [-0.4, -0.2) is 109 Å². The number of likely N-dealkylation sites (tertiary alicyclic amines) is 1. The number of benzene rings is 2. The van der Waals surface area contributed by atoms with Gasteiger partial charge in [-0.15, -0.1) is 0 Å². The van der Waals surface area contributed by atoms with E-state index in [4.69, 9.17) is 9.47 Å². The molecule has 8 atom stereocenters. The average Bonchev–Trinajstić information content (AvgIpc) is 3.66. The molecule has 0 saturated carbocycles. The van der Waals surface area contributed by atoms with Gasteiger partial charge in [0.25, 0.3) is 0 Å². The summed E-state index contributed by atoms with van der Waals surface area (Å²) in [5, 5.41) is 15.9. The Hall–Kier alpha value is -4.29. The molecule has 1 saturated heterocycles.